The highest BCUT2D eigenvalue weighted by atomic mass is 16.7. The van der Waals surface area contributed by atoms with E-state index in [1.807, 2.05) is 7.05 Å². The summed E-state index contributed by atoms with van der Waals surface area (Å²) in [6.07, 6.45) is 4.54. The predicted molar refractivity (Wildman–Crippen MR) is 83.6 cm³/mol. The van der Waals surface area contributed by atoms with Crippen LogP contribution in [0.25, 0.3) is 0 Å². The van der Waals surface area contributed by atoms with Crippen LogP contribution >= 0.6 is 0 Å². The molecule has 120 valence electrons. The van der Waals surface area contributed by atoms with Gasteiger partial charge in [0.25, 0.3) is 5.91 Å². The van der Waals surface area contributed by atoms with Crippen LogP contribution in [0.4, 0.5) is 0 Å². The molecule has 0 saturated carbocycles. The molecular weight excluding hydrogens is 294 g/mol. The van der Waals surface area contributed by atoms with E-state index < -0.39 is 0 Å². The highest BCUT2D eigenvalue weighted by Gasteiger charge is 2.19. The van der Waals surface area contributed by atoms with Gasteiger partial charge in [0.2, 0.25) is 6.79 Å². The average Bonchev–Trinajstić information content (AvgIpc) is 3.17. The van der Waals surface area contributed by atoms with E-state index in [1.165, 1.54) is 24.2 Å². The number of imidazole rings is 1. The van der Waals surface area contributed by atoms with Crippen LogP contribution < -0.4 is 14.8 Å². The Labute approximate surface area is 134 Å². The number of hydrogen-bond acceptors (Lipinski definition) is 4. The molecule has 0 radical (unpaired) electrons. The van der Waals surface area contributed by atoms with E-state index in [1.54, 1.807) is 18.2 Å². The lowest BCUT2D eigenvalue weighted by Crippen LogP contribution is -2.24. The zero-order valence-electron chi connectivity index (χ0n) is 13.1. The molecule has 1 aromatic heterocycles. The molecule has 0 spiro atoms. The number of rotatable bonds is 3. The number of nitrogens with zero attached hydrogens (tertiary/aromatic N) is 2. The third-order valence-corrected chi connectivity index (χ3v) is 4.51. The Kier molecular flexibility index (Phi) is 3.44. The van der Waals surface area contributed by atoms with Crippen LogP contribution in [0, 0.1) is 0 Å². The van der Waals surface area contributed by atoms with E-state index in [0.29, 0.717) is 23.6 Å². The van der Waals surface area contributed by atoms with Crippen molar-refractivity contribution in [1.82, 2.24) is 14.9 Å². The first-order valence-electron chi connectivity index (χ1n) is 7.93. The zero-order valence-corrected chi connectivity index (χ0v) is 13.1. The Bertz CT molecular complexity index is 767. The lowest BCUT2D eigenvalue weighted by Gasteiger charge is -2.11. The second-order valence-electron chi connectivity index (χ2n) is 5.94. The molecule has 1 N–H and O–H groups in total. The van der Waals surface area contributed by atoms with E-state index in [-0.39, 0.29) is 12.7 Å². The summed E-state index contributed by atoms with van der Waals surface area (Å²) in [5.41, 5.74) is 3.06. The number of nitrogens with one attached hydrogen (secondary N) is 1. The molecule has 0 saturated heterocycles. The number of aryl methyl sites for hydroxylation is 1. The highest BCUT2D eigenvalue weighted by molar-refractivity contribution is 5.94. The predicted octanol–water partition coefficient (Wildman–Crippen LogP) is 1.96. The molecule has 2 aliphatic rings. The van der Waals surface area contributed by atoms with Gasteiger partial charge >= 0.3 is 0 Å². The maximum absolute atomic E-state index is 12.3. The fourth-order valence-corrected chi connectivity index (χ4v) is 3.20. The van der Waals surface area contributed by atoms with E-state index in [9.17, 15) is 4.79 Å². The van der Waals surface area contributed by atoms with Crippen LogP contribution in [0.1, 0.15) is 40.4 Å². The molecule has 0 atom stereocenters. The summed E-state index contributed by atoms with van der Waals surface area (Å²) in [6, 6.07) is 5.21. The number of fused-ring (bicyclic) bond motifs is 2. The van der Waals surface area contributed by atoms with Gasteiger partial charge in [0.15, 0.2) is 11.5 Å². The normalized spacial score (nSPS) is 15.3. The molecule has 6 nitrogen and oxygen atoms in total. The van der Waals surface area contributed by atoms with Crippen molar-refractivity contribution in [1.29, 1.82) is 0 Å². The maximum Gasteiger partial charge on any atom is 0.251 e. The molecular formula is C17H19N3O3. The van der Waals surface area contributed by atoms with Crippen molar-refractivity contribution in [3.05, 3.63) is 41.0 Å². The molecule has 0 fully saturated rings. The quantitative estimate of drug-likeness (QED) is 0.941. The number of carbonyl (C=O) groups excluding carboxylic acids is 1. The SMILES string of the molecule is Cn1c(CNC(=O)c2ccc3c(c2)OCO3)nc2c1CCCC2. The van der Waals surface area contributed by atoms with Crippen molar-refractivity contribution >= 4 is 5.91 Å². The summed E-state index contributed by atoms with van der Waals surface area (Å²) >= 11 is 0. The molecule has 1 aliphatic carbocycles. The van der Waals surface area contributed by atoms with Crippen LogP contribution in [0.15, 0.2) is 18.2 Å². The van der Waals surface area contributed by atoms with Crippen molar-refractivity contribution in [3.63, 3.8) is 0 Å². The lowest BCUT2D eigenvalue weighted by molar-refractivity contribution is 0.0949. The summed E-state index contributed by atoms with van der Waals surface area (Å²) in [4.78, 5) is 17.0. The second kappa shape index (κ2) is 5.61. The Morgan fingerprint density at radius 3 is 2.96 bits per heavy atom. The molecule has 2 heterocycles. The van der Waals surface area contributed by atoms with Gasteiger partial charge in [0, 0.05) is 18.3 Å². The molecule has 4 rings (SSSR count). The fourth-order valence-electron chi connectivity index (χ4n) is 3.20. The minimum Gasteiger partial charge on any atom is -0.454 e. The first-order chi connectivity index (χ1) is 11.2. The highest BCUT2D eigenvalue weighted by Crippen LogP contribution is 2.32. The van der Waals surface area contributed by atoms with Gasteiger partial charge in [-0.2, -0.15) is 0 Å². The fraction of sp³-hybridized carbons (Fsp3) is 0.412. The van der Waals surface area contributed by atoms with Crippen molar-refractivity contribution in [3.8, 4) is 11.5 Å². The van der Waals surface area contributed by atoms with Crippen LogP contribution in [0.3, 0.4) is 0 Å². The zero-order chi connectivity index (χ0) is 15.8. The van der Waals surface area contributed by atoms with E-state index >= 15 is 0 Å². The summed E-state index contributed by atoms with van der Waals surface area (Å²) in [7, 11) is 2.03. The topological polar surface area (TPSA) is 65.4 Å². The lowest BCUT2D eigenvalue weighted by atomic mass is 10.0. The van der Waals surface area contributed by atoms with Gasteiger partial charge in [0.1, 0.15) is 5.82 Å². The summed E-state index contributed by atoms with van der Waals surface area (Å²) in [5.74, 6) is 2.07. The number of benzene rings is 1. The largest absolute Gasteiger partial charge is 0.454 e. The Balaban J connectivity index is 1.47. The standard InChI is InChI=1S/C17H19N3O3/c1-20-13-5-3-2-4-12(13)19-16(20)9-18-17(21)11-6-7-14-15(8-11)23-10-22-14/h6-8H,2-5,9-10H2,1H3,(H,18,21). The summed E-state index contributed by atoms with van der Waals surface area (Å²) in [5, 5.41) is 2.94. The maximum atomic E-state index is 12.3. The van der Waals surface area contributed by atoms with Crippen molar-refractivity contribution in [2.75, 3.05) is 6.79 Å². The van der Waals surface area contributed by atoms with Gasteiger partial charge in [-0.25, -0.2) is 4.98 Å². The van der Waals surface area contributed by atoms with Crippen LogP contribution in [0.2, 0.25) is 0 Å². The van der Waals surface area contributed by atoms with E-state index in [0.717, 1.165) is 18.7 Å². The third-order valence-electron chi connectivity index (χ3n) is 4.51. The molecule has 1 aromatic carbocycles. The second-order valence-corrected chi connectivity index (χ2v) is 5.94. The van der Waals surface area contributed by atoms with Gasteiger partial charge in [-0.1, -0.05) is 0 Å². The first kappa shape index (κ1) is 14.1. The Morgan fingerprint density at radius 2 is 2.09 bits per heavy atom. The Hall–Kier alpha value is -2.50. The minimum absolute atomic E-state index is 0.135. The van der Waals surface area contributed by atoms with Crippen LogP contribution in [-0.4, -0.2) is 22.3 Å². The monoisotopic (exact) mass is 313 g/mol. The summed E-state index contributed by atoms with van der Waals surface area (Å²) < 4.78 is 12.7. The van der Waals surface area contributed by atoms with E-state index in [2.05, 4.69) is 14.9 Å². The molecule has 2 aromatic rings. The number of amides is 1. The Morgan fingerprint density at radius 1 is 1.26 bits per heavy atom. The molecule has 23 heavy (non-hydrogen) atoms. The molecule has 0 unspecified atom stereocenters. The first-order valence-corrected chi connectivity index (χ1v) is 7.93. The molecule has 1 amide bonds. The average molecular weight is 313 g/mol. The van der Waals surface area contributed by atoms with Crippen LogP contribution in [-0.2, 0) is 26.4 Å². The molecule has 6 heteroatoms. The van der Waals surface area contributed by atoms with Gasteiger partial charge in [-0.3, -0.25) is 4.79 Å². The van der Waals surface area contributed by atoms with Crippen molar-refractivity contribution in [2.24, 2.45) is 7.05 Å². The number of carbonyl (C=O) groups is 1. The minimum atomic E-state index is -0.135. The number of hydrogen-bond donors (Lipinski definition) is 1. The van der Waals surface area contributed by atoms with Gasteiger partial charge in [-0.15, -0.1) is 0 Å². The van der Waals surface area contributed by atoms with Crippen molar-refractivity contribution in [2.45, 2.75) is 32.2 Å². The van der Waals surface area contributed by atoms with Crippen LogP contribution in [0.5, 0.6) is 11.5 Å². The molecule has 1 aliphatic heterocycles. The van der Waals surface area contributed by atoms with Crippen molar-refractivity contribution < 1.29 is 14.3 Å². The van der Waals surface area contributed by atoms with Gasteiger partial charge in [0.05, 0.1) is 12.2 Å². The van der Waals surface area contributed by atoms with Gasteiger partial charge < -0.3 is 19.4 Å². The molecule has 0 bridgehead atoms. The number of aromatic nitrogens is 2. The third kappa shape index (κ3) is 2.54. The van der Waals surface area contributed by atoms with Gasteiger partial charge in [-0.05, 0) is 43.9 Å². The van der Waals surface area contributed by atoms with E-state index in [4.69, 9.17) is 9.47 Å². The smallest absolute Gasteiger partial charge is 0.251 e. The number of ether oxygens (including phenoxy) is 2. The summed E-state index contributed by atoms with van der Waals surface area (Å²) in [6.45, 7) is 0.635.